The Morgan fingerprint density at radius 3 is 2.86 bits per heavy atom. The van der Waals surface area contributed by atoms with Crippen LogP contribution in [0.4, 0.5) is 5.82 Å². The van der Waals surface area contributed by atoms with E-state index in [1.54, 1.807) is 23.6 Å². The molecular weight excluding hydrogens is 202 g/mol. The maximum Gasteiger partial charge on any atom is 0.204 e. The molecule has 0 aliphatic rings. The minimum atomic E-state index is 0.311. The lowest BCUT2D eigenvalue weighted by molar-refractivity contribution is 1.13. The van der Waals surface area contributed by atoms with Gasteiger partial charge in [-0.15, -0.1) is 4.91 Å². The fourth-order valence-electron chi connectivity index (χ4n) is 1.44. The average Bonchev–Trinajstić information content (AvgIpc) is 2.41. The quantitative estimate of drug-likeness (QED) is 0.678. The first-order valence-corrected chi connectivity index (χ1v) is 4.49. The van der Waals surface area contributed by atoms with Gasteiger partial charge in [0.2, 0.25) is 5.82 Å². The monoisotopic (exact) mass is 209 g/mol. The predicted octanol–water partition coefficient (Wildman–Crippen LogP) is 3.00. The molecule has 0 N–H and O–H groups in total. The van der Waals surface area contributed by atoms with Crippen molar-refractivity contribution in [3.63, 3.8) is 0 Å². The number of hydrogen-bond donors (Lipinski definition) is 0. The van der Waals surface area contributed by atoms with Gasteiger partial charge in [-0.05, 0) is 30.7 Å². The number of nitroso groups, excluding NO2 is 1. The third-order valence-corrected chi connectivity index (χ3v) is 2.32. The first kappa shape index (κ1) is 9.15. The van der Waals surface area contributed by atoms with E-state index in [0.29, 0.717) is 22.2 Å². The molecule has 0 spiro atoms. The lowest BCUT2D eigenvalue weighted by Gasteiger charge is -1.98. The van der Waals surface area contributed by atoms with Crippen LogP contribution in [0.2, 0.25) is 5.02 Å². The summed E-state index contributed by atoms with van der Waals surface area (Å²) in [6, 6.07) is 1.80. The molecule has 0 fully saturated rings. The number of nitrogens with zero attached hydrogens (tertiary/aromatic N) is 3. The van der Waals surface area contributed by atoms with Gasteiger partial charge in [0.1, 0.15) is 0 Å². The van der Waals surface area contributed by atoms with Gasteiger partial charge in [-0.25, -0.2) is 4.98 Å². The summed E-state index contributed by atoms with van der Waals surface area (Å²) < 4.78 is 1.61. The average molecular weight is 210 g/mol. The van der Waals surface area contributed by atoms with Crippen molar-refractivity contribution in [2.75, 3.05) is 0 Å². The van der Waals surface area contributed by atoms with Gasteiger partial charge in [-0.3, -0.25) is 4.40 Å². The topological polar surface area (TPSA) is 46.7 Å². The number of imidazole rings is 1. The fourth-order valence-corrected chi connectivity index (χ4v) is 1.75. The molecule has 0 bridgehead atoms. The molecule has 0 atom stereocenters. The van der Waals surface area contributed by atoms with E-state index in [-0.39, 0.29) is 0 Å². The zero-order valence-electron chi connectivity index (χ0n) is 7.78. The van der Waals surface area contributed by atoms with Crippen LogP contribution >= 0.6 is 11.6 Å². The van der Waals surface area contributed by atoms with Crippen molar-refractivity contribution in [3.8, 4) is 0 Å². The van der Waals surface area contributed by atoms with Gasteiger partial charge < -0.3 is 0 Å². The van der Waals surface area contributed by atoms with E-state index in [0.717, 1.165) is 5.56 Å². The van der Waals surface area contributed by atoms with E-state index in [4.69, 9.17) is 11.6 Å². The molecule has 0 aromatic carbocycles. The van der Waals surface area contributed by atoms with Gasteiger partial charge in [-0.1, -0.05) is 11.6 Å². The summed E-state index contributed by atoms with van der Waals surface area (Å²) in [6.45, 7) is 3.63. The van der Waals surface area contributed by atoms with Crippen LogP contribution in [0.15, 0.2) is 17.4 Å². The summed E-state index contributed by atoms with van der Waals surface area (Å²) in [6.07, 6.45) is 1.79. The molecule has 72 valence electrons. The second-order valence-corrected chi connectivity index (χ2v) is 3.58. The van der Waals surface area contributed by atoms with Crippen molar-refractivity contribution < 1.29 is 0 Å². The van der Waals surface area contributed by atoms with Crippen LogP contribution in [0, 0.1) is 18.8 Å². The van der Waals surface area contributed by atoms with Crippen LogP contribution < -0.4 is 0 Å². The zero-order valence-corrected chi connectivity index (χ0v) is 8.54. The smallest absolute Gasteiger partial charge is 0.204 e. The SMILES string of the molecule is Cc1cc(Cl)c2nc(C)c(N=O)n2c1. The zero-order chi connectivity index (χ0) is 10.3. The highest BCUT2D eigenvalue weighted by atomic mass is 35.5. The largest absolute Gasteiger partial charge is 0.280 e. The summed E-state index contributed by atoms with van der Waals surface area (Å²) in [5, 5.41) is 3.46. The van der Waals surface area contributed by atoms with Crippen LogP contribution in [0.25, 0.3) is 5.65 Å². The van der Waals surface area contributed by atoms with Crippen LogP contribution in [-0.2, 0) is 0 Å². The van der Waals surface area contributed by atoms with Gasteiger partial charge in [-0.2, -0.15) is 0 Å². The molecule has 0 aliphatic heterocycles. The number of hydrogen-bond acceptors (Lipinski definition) is 3. The Kier molecular flexibility index (Phi) is 2.00. The number of pyridine rings is 1. The van der Waals surface area contributed by atoms with Crippen LogP contribution in [0.1, 0.15) is 11.3 Å². The lowest BCUT2D eigenvalue weighted by atomic mass is 10.3. The van der Waals surface area contributed by atoms with Gasteiger partial charge >= 0.3 is 0 Å². The Bertz CT molecular complexity index is 518. The molecule has 4 nitrogen and oxygen atoms in total. The Morgan fingerprint density at radius 2 is 2.21 bits per heavy atom. The maximum atomic E-state index is 10.6. The van der Waals surface area contributed by atoms with E-state index in [9.17, 15) is 4.91 Å². The molecular formula is C9H8ClN3O. The molecule has 2 rings (SSSR count). The second kappa shape index (κ2) is 3.06. The van der Waals surface area contributed by atoms with E-state index < -0.39 is 0 Å². The maximum absolute atomic E-state index is 10.6. The van der Waals surface area contributed by atoms with E-state index >= 15 is 0 Å². The van der Waals surface area contributed by atoms with E-state index in [1.165, 1.54) is 0 Å². The van der Waals surface area contributed by atoms with Crippen molar-refractivity contribution in [2.45, 2.75) is 13.8 Å². The molecule has 14 heavy (non-hydrogen) atoms. The molecule has 0 radical (unpaired) electrons. The molecule has 0 saturated heterocycles. The first-order valence-electron chi connectivity index (χ1n) is 4.11. The highest BCUT2D eigenvalue weighted by Crippen LogP contribution is 2.26. The van der Waals surface area contributed by atoms with Crippen molar-refractivity contribution in [2.24, 2.45) is 5.18 Å². The minimum Gasteiger partial charge on any atom is -0.280 e. The molecule has 0 aliphatic carbocycles. The van der Waals surface area contributed by atoms with Crippen molar-refractivity contribution in [1.29, 1.82) is 0 Å². The highest BCUT2D eigenvalue weighted by molar-refractivity contribution is 6.33. The van der Waals surface area contributed by atoms with Crippen LogP contribution in [-0.4, -0.2) is 9.38 Å². The third kappa shape index (κ3) is 1.19. The fraction of sp³-hybridized carbons (Fsp3) is 0.222. The van der Waals surface area contributed by atoms with E-state index in [1.807, 2.05) is 6.92 Å². The summed E-state index contributed by atoms with van der Waals surface area (Å²) in [7, 11) is 0. The van der Waals surface area contributed by atoms with Gasteiger partial charge in [0.05, 0.1) is 10.7 Å². The summed E-state index contributed by atoms with van der Waals surface area (Å²) >= 11 is 5.98. The summed E-state index contributed by atoms with van der Waals surface area (Å²) in [4.78, 5) is 14.7. The second-order valence-electron chi connectivity index (χ2n) is 3.17. The molecule has 2 heterocycles. The molecule has 2 aromatic rings. The summed E-state index contributed by atoms with van der Waals surface area (Å²) in [5.74, 6) is 0.311. The number of aryl methyl sites for hydroxylation is 2. The number of halogens is 1. The van der Waals surface area contributed by atoms with E-state index in [2.05, 4.69) is 10.2 Å². The normalized spacial score (nSPS) is 10.8. The first-order chi connectivity index (χ1) is 6.63. The predicted molar refractivity (Wildman–Crippen MR) is 55.1 cm³/mol. The van der Waals surface area contributed by atoms with Crippen molar-refractivity contribution in [1.82, 2.24) is 9.38 Å². The van der Waals surface area contributed by atoms with Crippen LogP contribution in [0.5, 0.6) is 0 Å². The van der Waals surface area contributed by atoms with Crippen LogP contribution in [0.3, 0.4) is 0 Å². The Balaban J connectivity index is 2.94. The Hall–Kier alpha value is -1.42. The third-order valence-electron chi connectivity index (χ3n) is 2.04. The minimum absolute atomic E-state index is 0.311. The van der Waals surface area contributed by atoms with Gasteiger partial charge in [0, 0.05) is 6.20 Å². The number of fused-ring (bicyclic) bond motifs is 1. The lowest BCUT2D eigenvalue weighted by Crippen LogP contribution is -1.86. The Morgan fingerprint density at radius 1 is 1.50 bits per heavy atom. The highest BCUT2D eigenvalue weighted by Gasteiger charge is 2.11. The van der Waals surface area contributed by atoms with Gasteiger partial charge in [0.25, 0.3) is 0 Å². The molecule has 0 amide bonds. The summed E-state index contributed by atoms with van der Waals surface area (Å²) in [5.41, 5.74) is 2.13. The Labute approximate surface area is 85.5 Å². The molecule has 2 aromatic heterocycles. The number of aromatic nitrogens is 2. The van der Waals surface area contributed by atoms with Crippen molar-refractivity contribution in [3.05, 3.63) is 33.5 Å². The molecule has 0 saturated carbocycles. The number of rotatable bonds is 1. The van der Waals surface area contributed by atoms with Gasteiger partial charge in [0.15, 0.2) is 5.65 Å². The standard InChI is InChI=1S/C9H8ClN3O/c1-5-3-7(10)9-11-6(2)8(12-14)13(9)4-5/h3-4H,1-2H3. The van der Waals surface area contributed by atoms with Crippen molar-refractivity contribution >= 4 is 23.1 Å². The molecule has 5 heteroatoms. The molecule has 0 unspecified atom stereocenters.